The zero-order chi connectivity index (χ0) is 9.80. The third-order valence-corrected chi connectivity index (χ3v) is 2.22. The van der Waals surface area contributed by atoms with E-state index in [1.54, 1.807) is 0 Å². The molecule has 1 aromatic carbocycles. The Morgan fingerprint density at radius 2 is 1.79 bits per heavy atom. The van der Waals surface area contributed by atoms with E-state index in [-0.39, 0.29) is 0 Å². The summed E-state index contributed by atoms with van der Waals surface area (Å²) in [5.74, 6) is 2.04. The summed E-state index contributed by atoms with van der Waals surface area (Å²) in [4.78, 5) is 0. The Morgan fingerprint density at radius 3 is 2.50 bits per heavy atom. The van der Waals surface area contributed by atoms with Crippen molar-refractivity contribution < 1.29 is 4.42 Å². The molecule has 0 aliphatic rings. The van der Waals surface area contributed by atoms with Crippen LogP contribution in [0.15, 0.2) is 46.9 Å². The van der Waals surface area contributed by atoms with Crippen molar-refractivity contribution in [3.63, 3.8) is 0 Å². The molecule has 0 radical (unpaired) electrons. The molecule has 0 spiro atoms. The highest BCUT2D eigenvalue weighted by atomic mass is 16.3. The van der Waals surface area contributed by atoms with Crippen molar-refractivity contribution in [2.45, 2.75) is 19.8 Å². The summed E-state index contributed by atoms with van der Waals surface area (Å²) in [5.41, 5.74) is 1.15. The lowest BCUT2D eigenvalue weighted by Crippen LogP contribution is -1.75. The number of rotatable bonds is 3. The van der Waals surface area contributed by atoms with Gasteiger partial charge in [-0.3, -0.25) is 0 Å². The van der Waals surface area contributed by atoms with Crippen molar-refractivity contribution in [3.05, 3.63) is 48.2 Å². The van der Waals surface area contributed by atoms with Gasteiger partial charge in [0.25, 0.3) is 0 Å². The Bertz CT molecular complexity index is 387. The number of benzene rings is 1. The molecular weight excluding hydrogens is 172 g/mol. The summed E-state index contributed by atoms with van der Waals surface area (Å²) in [5, 5.41) is 0. The lowest BCUT2D eigenvalue weighted by molar-refractivity contribution is 0.519. The number of hydrogen-bond donors (Lipinski definition) is 0. The first-order chi connectivity index (χ1) is 6.90. The van der Waals surface area contributed by atoms with Gasteiger partial charge in [-0.25, -0.2) is 0 Å². The van der Waals surface area contributed by atoms with Gasteiger partial charge < -0.3 is 4.42 Å². The van der Waals surface area contributed by atoms with E-state index in [1.807, 2.05) is 24.3 Å². The van der Waals surface area contributed by atoms with Crippen molar-refractivity contribution >= 4 is 0 Å². The maximum absolute atomic E-state index is 5.71. The van der Waals surface area contributed by atoms with Crippen LogP contribution >= 0.6 is 0 Å². The molecule has 2 aromatic rings. The van der Waals surface area contributed by atoms with Crippen LogP contribution < -0.4 is 0 Å². The molecule has 1 heterocycles. The maximum Gasteiger partial charge on any atom is 0.134 e. The highest BCUT2D eigenvalue weighted by Gasteiger charge is 2.02. The van der Waals surface area contributed by atoms with Gasteiger partial charge in [0, 0.05) is 12.0 Å². The largest absolute Gasteiger partial charge is 0.461 e. The molecule has 0 bridgehead atoms. The molecule has 0 aliphatic carbocycles. The molecule has 0 atom stereocenters. The van der Waals surface area contributed by atoms with Gasteiger partial charge in [-0.1, -0.05) is 37.3 Å². The Balaban J connectivity index is 2.25. The first-order valence-electron chi connectivity index (χ1n) is 5.04. The van der Waals surface area contributed by atoms with Crippen molar-refractivity contribution in [1.29, 1.82) is 0 Å². The summed E-state index contributed by atoms with van der Waals surface area (Å²) in [6.07, 6.45) is 2.15. The zero-order valence-electron chi connectivity index (χ0n) is 8.36. The van der Waals surface area contributed by atoms with Crippen LogP contribution in [0.25, 0.3) is 11.3 Å². The average molecular weight is 186 g/mol. The SMILES string of the molecule is CCCc1ccc(-c2ccccc2)o1. The van der Waals surface area contributed by atoms with Crippen LogP contribution in [-0.4, -0.2) is 0 Å². The predicted octanol–water partition coefficient (Wildman–Crippen LogP) is 3.90. The Hall–Kier alpha value is -1.50. The Morgan fingerprint density at radius 1 is 1.00 bits per heavy atom. The van der Waals surface area contributed by atoms with Gasteiger partial charge in [0.05, 0.1) is 0 Å². The summed E-state index contributed by atoms with van der Waals surface area (Å²) >= 11 is 0. The van der Waals surface area contributed by atoms with Crippen LogP contribution in [0.2, 0.25) is 0 Å². The number of furan rings is 1. The second-order valence-electron chi connectivity index (χ2n) is 3.38. The molecule has 0 amide bonds. The molecule has 72 valence electrons. The standard InChI is InChI=1S/C13H14O/c1-2-6-12-9-10-13(14-12)11-7-4-3-5-8-11/h3-5,7-10H,2,6H2,1H3. The number of aryl methyl sites for hydroxylation is 1. The summed E-state index contributed by atoms with van der Waals surface area (Å²) in [7, 11) is 0. The van der Waals surface area contributed by atoms with Crippen LogP contribution in [0.5, 0.6) is 0 Å². The van der Waals surface area contributed by atoms with Crippen molar-refractivity contribution in [2.75, 3.05) is 0 Å². The van der Waals surface area contributed by atoms with Crippen LogP contribution in [0.3, 0.4) is 0 Å². The van der Waals surface area contributed by atoms with E-state index in [0.29, 0.717) is 0 Å². The molecule has 1 heteroatoms. The lowest BCUT2D eigenvalue weighted by atomic mass is 10.2. The van der Waals surface area contributed by atoms with E-state index in [9.17, 15) is 0 Å². The van der Waals surface area contributed by atoms with Crippen LogP contribution in [0, 0.1) is 0 Å². The molecule has 0 N–H and O–H groups in total. The van der Waals surface area contributed by atoms with Gasteiger partial charge in [-0.2, -0.15) is 0 Å². The average Bonchev–Trinajstić information content (AvgIpc) is 2.68. The summed E-state index contributed by atoms with van der Waals surface area (Å²) < 4.78 is 5.71. The molecular formula is C13H14O. The van der Waals surface area contributed by atoms with E-state index in [0.717, 1.165) is 29.9 Å². The van der Waals surface area contributed by atoms with Crippen LogP contribution in [0.1, 0.15) is 19.1 Å². The number of hydrogen-bond acceptors (Lipinski definition) is 1. The first-order valence-corrected chi connectivity index (χ1v) is 5.04. The molecule has 0 saturated carbocycles. The van der Waals surface area contributed by atoms with Gasteiger partial charge in [0.1, 0.15) is 11.5 Å². The van der Waals surface area contributed by atoms with Gasteiger partial charge in [-0.15, -0.1) is 0 Å². The Kier molecular flexibility index (Phi) is 2.68. The van der Waals surface area contributed by atoms with Gasteiger partial charge >= 0.3 is 0 Å². The summed E-state index contributed by atoms with van der Waals surface area (Å²) in [6.45, 7) is 2.16. The van der Waals surface area contributed by atoms with Crippen LogP contribution in [0.4, 0.5) is 0 Å². The van der Waals surface area contributed by atoms with E-state index in [1.165, 1.54) is 0 Å². The fraction of sp³-hybridized carbons (Fsp3) is 0.231. The molecule has 0 saturated heterocycles. The molecule has 0 aliphatic heterocycles. The normalized spacial score (nSPS) is 10.4. The zero-order valence-corrected chi connectivity index (χ0v) is 8.36. The third-order valence-electron chi connectivity index (χ3n) is 2.22. The van der Waals surface area contributed by atoms with E-state index < -0.39 is 0 Å². The topological polar surface area (TPSA) is 13.1 Å². The molecule has 0 fully saturated rings. The minimum absolute atomic E-state index is 0.967. The predicted molar refractivity (Wildman–Crippen MR) is 58.1 cm³/mol. The molecule has 14 heavy (non-hydrogen) atoms. The molecule has 2 rings (SSSR count). The quantitative estimate of drug-likeness (QED) is 0.708. The fourth-order valence-electron chi connectivity index (χ4n) is 1.52. The lowest BCUT2D eigenvalue weighted by Gasteiger charge is -1.95. The Labute approximate surface area is 84.4 Å². The molecule has 1 nitrogen and oxygen atoms in total. The van der Waals surface area contributed by atoms with Gasteiger partial charge in [0.15, 0.2) is 0 Å². The second-order valence-corrected chi connectivity index (χ2v) is 3.38. The summed E-state index contributed by atoms with van der Waals surface area (Å²) in [6, 6.07) is 14.3. The maximum atomic E-state index is 5.71. The smallest absolute Gasteiger partial charge is 0.134 e. The van der Waals surface area contributed by atoms with Crippen molar-refractivity contribution in [3.8, 4) is 11.3 Å². The van der Waals surface area contributed by atoms with E-state index in [2.05, 4.69) is 25.1 Å². The van der Waals surface area contributed by atoms with E-state index >= 15 is 0 Å². The highest BCUT2D eigenvalue weighted by Crippen LogP contribution is 2.22. The van der Waals surface area contributed by atoms with Crippen molar-refractivity contribution in [2.24, 2.45) is 0 Å². The van der Waals surface area contributed by atoms with Gasteiger partial charge in [0.2, 0.25) is 0 Å². The second kappa shape index (κ2) is 4.14. The third kappa shape index (κ3) is 1.87. The molecule has 1 aromatic heterocycles. The minimum Gasteiger partial charge on any atom is -0.461 e. The minimum atomic E-state index is 0.967. The monoisotopic (exact) mass is 186 g/mol. The van der Waals surface area contributed by atoms with Crippen LogP contribution in [-0.2, 0) is 6.42 Å². The highest BCUT2D eigenvalue weighted by molar-refractivity contribution is 5.57. The fourth-order valence-corrected chi connectivity index (χ4v) is 1.52. The van der Waals surface area contributed by atoms with Gasteiger partial charge in [-0.05, 0) is 18.6 Å². The van der Waals surface area contributed by atoms with E-state index in [4.69, 9.17) is 4.42 Å². The first kappa shape index (κ1) is 9.07. The molecule has 0 unspecified atom stereocenters. The van der Waals surface area contributed by atoms with Crippen molar-refractivity contribution in [1.82, 2.24) is 0 Å².